The molecule has 0 radical (unpaired) electrons. The van der Waals surface area contributed by atoms with Crippen LogP contribution in [0.15, 0.2) is 48.5 Å². The molecule has 1 aliphatic heterocycles. The van der Waals surface area contributed by atoms with Crippen molar-refractivity contribution in [2.75, 3.05) is 13.2 Å². The minimum atomic E-state index is -0.492. The van der Waals surface area contributed by atoms with Gasteiger partial charge >= 0.3 is 0 Å². The molecule has 1 heterocycles. The molecule has 118 valence electrons. The van der Waals surface area contributed by atoms with Crippen molar-refractivity contribution in [1.29, 1.82) is 0 Å². The van der Waals surface area contributed by atoms with Gasteiger partial charge in [-0.3, -0.25) is 14.9 Å². The van der Waals surface area contributed by atoms with Crippen LogP contribution in [0.25, 0.3) is 0 Å². The zero-order chi connectivity index (χ0) is 16.2. The minimum Gasteiger partial charge on any atom is -0.371 e. The number of nitro benzene ring substituents is 1. The lowest BCUT2D eigenvalue weighted by Crippen LogP contribution is -2.31. The quantitative estimate of drug-likeness (QED) is 0.695. The first-order valence-electron chi connectivity index (χ1n) is 7.37. The summed E-state index contributed by atoms with van der Waals surface area (Å²) in [6, 6.07) is 13.6. The maximum atomic E-state index is 12.1. The van der Waals surface area contributed by atoms with Crippen LogP contribution in [0, 0.1) is 10.1 Å². The molecule has 1 aliphatic rings. The summed E-state index contributed by atoms with van der Waals surface area (Å²) >= 11 is 0. The standard InChI is InChI=1S/C17H16N2O4/c20-17(13-5-7-14(8-6-13)19(21)22)18-11-16-15-4-2-1-3-12(15)9-10-23-16/h1-8,16H,9-11H2,(H,18,20). The number of carbonyl (C=O) groups is 1. The van der Waals surface area contributed by atoms with Gasteiger partial charge in [-0.25, -0.2) is 0 Å². The number of nitrogens with one attached hydrogen (secondary N) is 1. The van der Waals surface area contributed by atoms with Crippen LogP contribution in [0.1, 0.15) is 27.6 Å². The number of hydrogen-bond acceptors (Lipinski definition) is 4. The molecule has 1 amide bonds. The first-order valence-corrected chi connectivity index (χ1v) is 7.37. The fourth-order valence-corrected chi connectivity index (χ4v) is 2.67. The van der Waals surface area contributed by atoms with Crippen LogP contribution in [0.4, 0.5) is 5.69 Å². The van der Waals surface area contributed by atoms with E-state index in [1.54, 1.807) is 0 Å². The van der Waals surface area contributed by atoms with Gasteiger partial charge in [0.25, 0.3) is 11.6 Å². The Labute approximate surface area is 133 Å². The molecule has 2 aromatic rings. The van der Waals surface area contributed by atoms with Crippen LogP contribution in [0.3, 0.4) is 0 Å². The maximum Gasteiger partial charge on any atom is 0.269 e. The Balaban J connectivity index is 1.64. The third-order valence-electron chi connectivity index (χ3n) is 3.88. The highest BCUT2D eigenvalue weighted by molar-refractivity contribution is 5.94. The number of nitro groups is 1. The highest BCUT2D eigenvalue weighted by Gasteiger charge is 2.21. The van der Waals surface area contributed by atoms with E-state index in [4.69, 9.17) is 4.74 Å². The van der Waals surface area contributed by atoms with Gasteiger partial charge in [-0.2, -0.15) is 0 Å². The Kier molecular flexibility index (Phi) is 4.34. The van der Waals surface area contributed by atoms with Gasteiger partial charge in [0, 0.05) is 24.2 Å². The van der Waals surface area contributed by atoms with Gasteiger partial charge in [-0.1, -0.05) is 24.3 Å². The topological polar surface area (TPSA) is 81.5 Å². The number of hydrogen-bond donors (Lipinski definition) is 1. The largest absolute Gasteiger partial charge is 0.371 e. The molecule has 0 saturated heterocycles. The van der Waals surface area contributed by atoms with Gasteiger partial charge in [0.05, 0.1) is 11.5 Å². The van der Waals surface area contributed by atoms with Crippen molar-refractivity contribution in [3.8, 4) is 0 Å². The minimum absolute atomic E-state index is 0.0360. The van der Waals surface area contributed by atoms with Crippen molar-refractivity contribution in [2.45, 2.75) is 12.5 Å². The van der Waals surface area contributed by atoms with Crippen molar-refractivity contribution < 1.29 is 14.5 Å². The number of benzene rings is 2. The molecular formula is C17H16N2O4. The summed E-state index contributed by atoms with van der Waals surface area (Å²) in [6.45, 7) is 1.00. The summed E-state index contributed by atoms with van der Waals surface area (Å²) in [5.41, 5.74) is 2.70. The summed E-state index contributed by atoms with van der Waals surface area (Å²) in [4.78, 5) is 22.3. The lowest BCUT2D eigenvalue weighted by atomic mass is 9.97. The van der Waals surface area contributed by atoms with Gasteiger partial charge in [-0.05, 0) is 29.7 Å². The first-order chi connectivity index (χ1) is 11.1. The number of rotatable bonds is 4. The molecule has 0 saturated carbocycles. The summed E-state index contributed by atoms with van der Waals surface area (Å²) in [7, 11) is 0. The second-order valence-corrected chi connectivity index (χ2v) is 5.32. The summed E-state index contributed by atoms with van der Waals surface area (Å²) < 4.78 is 5.74. The van der Waals surface area contributed by atoms with E-state index in [9.17, 15) is 14.9 Å². The Hall–Kier alpha value is -2.73. The average Bonchev–Trinajstić information content (AvgIpc) is 2.59. The molecular weight excluding hydrogens is 296 g/mol. The van der Waals surface area contributed by atoms with E-state index in [2.05, 4.69) is 11.4 Å². The first kappa shape index (κ1) is 15.2. The molecule has 2 aromatic carbocycles. The Morgan fingerprint density at radius 1 is 1.22 bits per heavy atom. The van der Waals surface area contributed by atoms with Gasteiger partial charge < -0.3 is 10.1 Å². The van der Waals surface area contributed by atoms with E-state index in [-0.39, 0.29) is 17.7 Å². The van der Waals surface area contributed by atoms with E-state index >= 15 is 0 Å². The van der Waals surface area contributed by atoms with Gasteiger partial charge in [0.1, 0.15) is 6.10 Å². The Morgan fingerprint density at radius 3 is 2.70 bits per heavy atom. The molecule has 6 heteroatoms. The number of nitrogens with zero attached hydrogens (tertiary/aromatic N) is 1. The normalized spacial score (nSPS) is 16.4. The lowest BCUT2D eigenvalue weighted by Gasteiger charge is -2.26. The second kappa shape index (κ2) is 6.58. The molecule has 3 rings (SSSR count). The van der Waals surface area contributed by atoms with E-state index in [0.717, 1.165) is 12.0 Å². The van der Waals surface area contributed by atoms with Crippen molar-refractivity contribution in [1.82, 2.24) is 5.32 Å². The number of amides is 1. The fraction of sp³-hybridized carbons (Fsp3) is 0.235. The van der Waals surface area contributed by atoms with Gasteiger partial charge in [-0.15, -0.1) is 0 Å². The predicted molar refractivity (Wildman–Crippen MR) is 84.3 cm³/mol. The smallest absolute Gasteiger partial charge is 0.269 e. The monoisotopic (exact) mass is 312 g/mol. The van der Waals surface area contributed by atoms with Crippen LogP contribution in [-0.2, 0) is 11.2 Å². The third kappa shape index (κ3) is 3.37. The van der Waals surface area contributed by atoms with Gasteiger partial charge in [0.15, 0.2) is 0 Å². The zero-order valence-electron chi connectivity index (χ0n) is 12.4. The molecule has 1 unspecified atom stereocenters. The van der Waals surface area contributed by atoms with E-state index < -0.39 is 4.92 Å². The fourth-order valence-electron chi connectivity index (χ4n) is 2.67. The number of ether oxygens (including phenoxy) is 1. The SMILES string of the molecule is O=C(NCC1OCCc2ccccc21)c1ccc([N+](=O)[O-])cc1. The third-order valence-corrected chi connectivity index (χ3v) is 3.88. The number of fused-ring (bicyclic) bond motifs is 1. The highest BCUT2D eigenvalue weighted by Crippen LogP contribution is 2.26. The van der Waals surface area contributed by atoms with E-state index in [1.165, 1.54) is 29.8 Å². The summed E-state index contributed by atoms with van der Waals surface area (Å²) in [6.07, 6.45) is 0.713. The predicted octanol–water partition coefficient (Wildman–Crippen LogP) is 2.64. The van der Waals surface area contributed by atoms with E-state index in [1.807, 2.05) is 18.2 Å². The molecule has 0 aliphatic carbocycles. The number of non-ortho nitro benzene ring substituents is 1. The molecule has 0 aromatic heterocycles. The highest BCUT2D eigenvalue weighted by atomic mass is 16.6. The molecule has 1 N–H and O–H groups in total. The molecule has 1 atom stereocenters. The van der Waals surface area contributed by atoms with Crippen molar-refractivity contribution in [3.63, 3.8) is 0 Å². The Morgan fingerprint density at radius 2 is 1.96 bits per heavy atom. The summed E-state index contributed by atoms with van der Waals surface area (Å²) in [5.74, 6) is -0.272. The zero-order valence-corrected chi connectivity index (χ0v) is 12.4. The molecule has 0 fully saturated rings. The van der Waals surface area contributed by atoms with Crippen molar-refractivity contribution >= 4 is 11.6 Å². The van der Waals surface area contributed by atoms with Gasteiger partial charge in [0.2, 0.25) is 0 Å². The van der Waals surface area contributed by atoms with Crippen LogP contribution in [0.5, 0.6) is 0 Å². The summed E-state index contributed by atoms with van der Waals surface area (Å²) in [5, 5.41) is 13.4. The lowest BCUT2D eigenvalue weighted by molar-refractivity contribution is -0.384. The van der Waals surface area contributed by atoms with Crippen molar-refractivity contribution in [3.05, 3.63) is 75.3 Å². The van der Waals surface area contributed by atoms with Crippen LogP contribution in [0.2, 0.25) is 0 Å². The maximum absolute atomic E-state index is 12.1. The molecule has 0 spiro atoms. The van der Waals surface area contributed by atoms with Crippen molar-refractivity contribution in [2.24, 2.45) is 0 Å². The van der Waals surface area contributed by atoms with Crippen LogP contribution in [-0.4, -0.2) is 24.0 Å². The second-order valence-electron chi connectivity index (χ2n) is 5.32. The molecule has 6 nitrogen and oxygen atoms in total. The Bertz CT molecular complexity index is 728. The molecule has 23 heavy (non-hydrogen) atoms. The van der Waals surface area contributed by atoms with Crippen LogP contribution >= 0.6 is 0 Å². The number of carbonyl (C=O) groups excluding carboxylic acids is 1. The van der Waals surface area contributed by atoms with E-state index in [0.29, 0.717) is 18.7 Å². The van der Waals surface area contributed by atoms with Crippen LogP contribution < -0.4 is 5.32 Å². The average molecular weight is 312 g/mol. The molecule has 0 bridgehead atoms.